The number of nitrogens with one attached hydrogen (secondary N) is 2. The van der Waals surface area contributed by atoms with Crippen LogP contribution in [-0.4, -0.2) is 31.0 Å². The predicted molar refractivity (Wildman–Crippen MR) is 74.5 cm³/mol. The van der Waals surface area contributed by atoms with E-state index in [2.05, 4.69) is 22.4 Å². The summed E-state index contributed by atoms with van der Waals surface area (Å²) in [7, 11) is 3.29. The Labute approximate surface area is 112 Å². The quantitative estimate of drug-likeness (QED) is 0.837. The molecule has 2 N–H and O–H groups in total. The van der Waals surface area contributed by atoms with Crippen molar-refractivity contribution in [2.24, 2.45) is 0 Å². The summed E-state index contributed by atoms with van der Waals surface area (Å²) in [5.41, 5.74) is 3.07. The first-order chi connectivity index (χ1) is 9.30. The van der Waals surface area contributed by atoms with Crippen LogP contribution in [0.25, 0.3) is 11.3 Å². The maximum Gasteiger partial charge on any atom is 0.131 e. The summed E-state index contributed by atoms with van der Waals surface area (Å²) in [5.74, 6) is 1.54. The Hall–Kier alpha value is -2.01. The highest BCUT2D eigenvalue weighted by Gasteiger charge is 2.13. The molecule has 0 aliphatic carbocycles. The van der Waals surface area contributed by atoms with Crippen LogP contribution in [-0.2, 0) is 6.54 Å². The molecule has 0 saturated heterocycles. The molecule has 0 aliphatic heterocycles. The van der Waals surface area contributed by atoms with Crippen molar-refractivity contribution < 1.29 is 9.47 Å². The van der Waals surface area contributed by atoms with Gasteiger partial charge in [-0.15, -0.1) is 0 Å². The second kappa shape index (κ2) is 6.24. The second-order valence-electron chi connectivity index (χ2n) is 4.12. The van der Waals surface area contributed by atoms with Crippen molar-refractivity contribution in [1.29, 1.82) is 0 Å². The second-order valence-corrected chi connectivity index (χ2v) is 4.12. The molecule has 102 valence electrons. The van der Waals surface area contributed by atoms with Gasteiger partial charge in [0.2, 0.25) is 0 Å². The summed E-state index contributed by atoms with van der Waals surface area (Å²) in [6, 6.07) is 5.75. The average molecular weight is 261 g/mol. The lowest BCUT2D eigenvalue weighted by Gasteiger charge is -2.10. The van der Waals surface area contributed by atoms with Crippen molar-refractivity contribution in [2.45, 2.75) is 13.5 Å². The third-order valence-corrected chi connectivity index (χ3v) is 2.96. The molecule has 0 radical (unpaired) electrons. The van der Waals surface area contributed by atoms with E-state index in [0.717, 1.165) is 41.4 Å². The highest BCUT2D eigenvalue weighted by atomic mass is 16.5. The van der Waals surface area contributed by atoms with Crippen LogP contribution in [0.15, 0.2) is 24.4 Å². The number of H-pyrrole nitrogens is 1. The van der Waals surface area contributed by atoms with Crippen LogP contribution >= 0.6 is 0 Å². The minimum atomic E-state index is 0.765. The highest BCUT2D eigenvalue weighted by molar-refractivity contribution is 5.70. The number of hydrogen-bond acceptors (Lipinski definition) is 4. The van der Waals surface area contributed by atoms with E-state index in [0.29, 0.717) is 0 Å². The third kappa shape index (κ3) is 2.88. The normalized spacial score (nSPS) is 10.5. The number of ether oxygens (including phenoxy) is 2. The Morgan fingerprint density at radius 2 is 2.11 bits per heavy atom. The van der Waals surface area contributed by atoms with Crippen LogP contribution in [0.2, 0.25) is 0 Å². The Morgan fingerprint density at radius 1 is 1.26 bits per heavy atom. The van der Waals surface area contributed by atoms with E-state index in [9.17, 15) is 0 Å². The van der Waals surface area contributed by atoms with Crippen LogP contribution in [0.5, 0.6) is 11.5 Å². The van der Waals surface area contributed by atoms with Crippen molar-refractivity contribution in [1.82, 2.24) is 15.5 Å². The van der Waals surface area contributed by atoms with Gasteiger partial charge >= 0.3 is 0 Å². The van der Waals surface area contributed by atoms with Gasteiger partial charge in [0, 0.05) is 23.7 Å². The van der Waals surface area contributed by atoms with E-state index in [-0.39, 0.29) is 0 Å². The monoisotopic (exact) mass is 261 g/mol. The molecule has 2 aromatic rings. The van der Waals surface area contributed by atoms with E-state index in [1.165, 1.54) is 0 Å². The Kier molecular flexibility index (Phi) is 4.41. The first-order valence-corrected chi connectivity index (χ1v) is 6.25. The summed E-state index contributed by atoms with van der Waals surface area (Å²) < 4.78 is 10.6. The fourth-order valence-electron chi connectivity index (χ4n) is 1.94. The largest absolute Gasteiger partial charge is 0.497 e. The Morgan fingerprint density at radius 3 is 2.79 bits per heavy atom. The zero-order valence-electron chi connectivity index (χ0n) is 11.5. The zero-order valence-corrected chi connectivity index (χ0v) is 11.5. The van der Waals surface area contributed by atoms with Crippen molar-refractivity contribution in [3.8, 4) is 22.8 Å². The van der Waals surface area contributed by atoms with Crippen molar-refractivity contribution in [2.75, 3.05) is 20.8 Å². The molecule has 0 unspecified atom stereocenters. The standard InChI is InChI=1S/C14H19N3O2/c1-4-15-8-10-9-16-17-14(10)12-6-5-11(18-2)7-13(12)19-3/h5-7,9,15H,4,8H2,1-3H3,(H,16,17). The van der Waals surface area contributed by atoms with Gasteiger partial charge in [-0.05, 0) is 18.7 Å². The van der Waals surface area contributed by atoms with Crippen molar-refractivity contribution in [3.05, 3.63) is 30.0 Å². The van der Waals surface area contributed by atoms with Crippen LogP contribution in [0.4, 0.5) is 0 Å². The van der Waals surface area contributed by atoms with Gasteiger partial charge in [-0.25, -0.2) is 0 Å². The molecule has 0 aliphatic rings. The molecule has 5 heteroatoms. The van der Waals surface area contributed by atoms with Gasteiger partial charge in [0.25, 0.3) is 0 Å². The molecule has 2 rings (SSSR count). The van der Waals surface area contributed by atoms with E-state index in [1.54, 1.807) is 14.2 Å². The van der Waals surface area contributed by atoms with Gasteiger partial charge in [0.1, 0.15) is 11.5 Å². The number of aromatic amines is 1. The van der Waals surface area contributed by atoms with Crippen LogP contribution in [0.1, 0.15) is 12.5 Å². The Bertz CT molecular complexity index is 537. The zero-order chi connectivity index (χ0) is 13.7. The number of benzene rings is 1. The predicted octanol–water partition coefficient (Wildman–Crippen LogP) is 2.20. The maximum absolute atomic E-state index is 5.42. The summed E-state index contributed by atoms with van der Waals surface area (Å²) >= 11 is 0. The molecule has 0 bridgehead atoms. The summed E-state index contributed by atoms with van der Waals surface area (Å²) in [6.07, 6.45) is 1.83. The summed E-state index contributed by atoms with van der Waals surface area (Å²) in [4.78, 5) is 0. The first kappa shape index (κ1) is 13.4. The topological polar surface area (TPSA) is 59.2 Å². The van der Waals surface area contributed by atoms with Crippen molar-refractivity contribution >= 4 is 0 Å². The molecular weight excluding hydrogens is 242 g/mol. The molecule has 0 atom stereocenters. The number of nitrogens with zero attached hydrogens (tertiary/aromatic N) is 1. The van der Waals surface area contributed by atoms with E-state index in [1.807, 2.05) is 24.4 Å². The highest BCUT2D eigenvalue weighted by Crippen LogP contribution is 2.33. The molecule has 0 saturated carbocycles. The fourth-order valence-corrected chi connectivity index (χ4v) is 1.94. The number of methoxy groups -OCH3 is 2. The van der Waals surface area contributed by atoms with Crippen LogP contribution < -0.4 is 14.8 Å². The van der Waals surface area contributed by atoms with E-state index in [4.69, 9.17) is 9.47 Å². The molecule has 0 amide bonds. The van der Waals surface area contributed by atoms with Crippen LogP contribution in [0, 0.1) is 0 Å². The molecule has 0 spiro atoms. The van der Waals surface area contributed by atoms with Gasteiger partial charge < -0.3 is 14.8 Å². The van der Waals surface area contributed by atoms with Gasteiger partial charge in [-0.1, -0.05) is 6.92 Å². The van der Waals surface area contributed by atoms with E-state index < -0.39 is 0 Å². The van der Waals surface area contributed by atoms with E-state index >= 15 is 0 Å². The number of rotatable bonds is 6. The van der Waals surface area contributed by atoms with Gasteiger partial charge in [0.05, 0.1) is 26.1 Å². The smallest absolute Gasteiger partial charge is 0.131 e. The molecule has 1 aromatic heterocycles. The van der Waals surface area contributed by atoms with Crippen molar-refractivity contribution in [3.63, 3.8) is 0 Å². The Balaban J connectivity index is 2.38. The third-order valence-electron chi connectivity index (χ3n) is 2.96. The lowest BCUT2D eigenvalue weighted by molar-refractivity contribution is 0.395. The maximum atomic E-state index is 5.42. The molecule has 0 fully saturated rings. The summed E-state index contributed by atoms with van der Waals surface area (Å²) in [5, 5.41) is 10.4. The number of aromatic nitrogens is 2. The van der Waals surface area contributed by atoms with Gasteiger partial charge in [0.15, 0.2) is 0 Å². The molecule has 1 aromatic carbocycles. The van der Waals surface area contributed by atoms with Crippen LogP contribution in [0.3, 0.4) is 0 Å². The summed E-state index contributed by atoms with van der Waals surface area (Å²) in [6.45, 7) is 3.77. The molecule has 1 heterocycles. The minimum Gasteiger partial charge on any atom is -0.497 e. The lowest BCUT2D eigenvalue weighted by atomic mass is 10.1. The first-order valence-electron chi connectivity index (χ1n) is 6.25. The SMILES string of the molecule is CCNCc1cn[nH]c1-c1ccc(OC)cc1OC. The lowest BCUT2D eigenvalue weighted by Crippen LogP contribution is -2.11. The van der Waals surface area contributed by atoms with Gasteiger partial charge in [-0.2, -0.15) is 5.10 Å². The fraction of sp³-hybridized carbons (Fsp3) is 0.357. The number of hydrogen-bond donors (Lipinski definition) is 2. The molecule has 19 heavy (non-hydrogen) atoms. The molecular formula is C14H19N3O2. The molecule has 5 nitrogen and oxygen atoms in total. The van der Waals surface area contributed by atoms with Gasteiger partial charge in [-0.3, -0.25) is 5.10 Å². The average Bonchev–Trinajstić information content (AvgIpc) is 2.92. The minimum absolute atomic E-state index is 0.765.